The molecule has 0 amide bonds. The van der Waals surface area contributed by atoms with Gasteiger partial charge in [0.25, 0.3) is 5.56 Å². The van der Waals surface area contributed by atoms with Crippen molar-refractivity contribution in [2.45, 2.75) is 44.6 Å². The fraction of sp³-hybridized carbons (Fsp3) is 0.450. The van der Waals surface area contributed by atoms with Gasteiger partial charge < -0.3 is 14.6 Å². The summed E-state index contributed by atoms with van der Waals surface area (Å²) in [5.74, 6) is 0.787. The van der Waals surface area contributed by atoms with Gasteiger partial charge in [-0.2, -0.15) is 5.10 Å². The van der Waals surface area contributed by atoms with E-state index in [0.29, 0.717) is 30.6 Å². The number of nitrogens with zero attached hydrogens (tertiary/aromatic N) is 4. The van der Waals surface area contributed by atoms with Crippen molar-refractivity contribution in [3.63, 3.8) is 0 Å². The molecule has 1 aliphatic rings. The maximum Gasteiger partial charge on any atom is 0.264 e. The molecule has 8 heteroatoms. The van der Waals surface area contributed by atoms with Crippen LogP contribution < -0.4 is 10.3 Å². The van der Waals surface area contributed by atoms with Gasteiger partial charge in [0.1, 0.15) is 24.1 Å². The molecule has 3 heterocycles. The van der Waals surface area contributed by atoms with E-state index in [4.69, 9.17) is 9.47 Å². The molecule has 1 fully saturated rings. The van der Waals surface area contributed by atoms with Crippen LogP contribution in [0.5, 0.6) is 5.75 Å². The largest absolute Gasteiger partial charge is 0.492 e. The van der Waals surface area contributed by atoms with Gasteiger partial charge in [0.2, 0.25) is 0 Å². The SMILES string of the molecule is O=c1c2cnn(CCOc3ccccc3)c2ncn1CC(O)CC1CCCO1. The van der Waals surface area contributed by atoms with Gasteiger partial charge in [-0.05, 0) is 25.0 Å². The van der Waals surface area contributed by atoms with Crippen LogP contribution in [0.15, 0.2) is 47.7 Å². The molecule has 2 aromatic heterocycles. The number of aromatic nitrogens is 4. The molecule has 8 nitrogen and oxygen atoms in total. The van der Waals surface area contributed by atoms with Crippen LogP contribution in [0.1, 0.15) is 19.3 Å². The van der Waals surface area contributed by atoms with Crippen molar-refractivity contribution >= 4 is 11.0 Å². The highest BCUT2D eigenvalue weighted by Crippen LogP contribution is 2.17. The first kappa shape index (κ1) is 18.6. The van der Waals surface area contributed by atoms with Crippen LogP contribution >= 0.6 is 0 Å². The molecule has 3 aromatic rings. The van der Waals surface area contributed by atoms with Gasteiger partial charge in [0.15, 0.2) is 5.65 Å². The number of aliphatic hydroxyl groups is 1. The molecule has 0 saturated carbocycles. The van der Waals surface area contributed by atoms with Crippen LogP contribution in [0.4, 0.5) is 0 Å². The van der Waals surface area contributed by atoms with Crippen molar-refractivity contribution < 1.29 is 14.6 Å². The van der Waals surface area contributed by atoms with Crippen LogP contribution in [-0.4, -0.2) is 49.9 Å². The minimum atomic E-state index is -0.644. The third kappa shape index (κ3) is 4.23. The van der Waals surface area contributed by atoms with Crippen LogP contribution in [-0.2, 0) is 17.8 Å². The fourth-order valence-electron chi connectivity index (χ4n) is 3.49. The lowest BCUT2D eigenvalue weighted by Gasteiger charge is -2.16. The Labute approximate surface area is 162 Å². The van der Waals surface area contributed by atoms with E-state index in [-0.39, 0.29) is 18.2 Å². The van der Waals surface area contributed by atoms with Crippen LogP contribution in [0.2, 0.25) is 0 Å². The van der Waals surface area contributed by atoms with E-state index >= 15 is 0 Å². The van der Waals surface area contributed by atoms with Crippen molar-refractivity contribution in [1.82, 2.24) is 19.3 Å². The molecular weight excluding hydrogens is 360 g/mol. The van der Waals surface area contributed by atoms with E-state index in [1.54, 1.807) is 4.68 Å². The number of hydrogen-bond acceptors (Lipinski definition) is 6. The number of hydrogen-bond donors (Lipinski definition) is 1. The van der Waals surface area contributed by atoms with Crippen LogP contribution in [0, 0.1) is 0 Å². The average Bonchev–Trinajstić information content (AvgIpc) is 3.35. The molecule has 0 aliphatic carbocycles. The van der Waals surface area contributed by atoms with Gasteiger partial charge in [-0.1, -0.05) is 18.2 Å². The first-order chi connectivity index (χ1) is 13.7. The smallest absolute Gasteiger partial charge is 0.264 e. The van der Waals surface area contributed by atoms with Crippen molar-refractivity contribution in [2.24, 2.45) is 0 Å². The summed E-state index contributed by atoms with van der Waals surface area (Å²) in [5.41, 5.74) is 0.318. The van der Waals surface area contributed by atoms with E-state index in [2.05, 4.69) is 10.1 Å². The van der Waals surface area contributed by atoms with Crippen LogP contribution in [0.25, 0.3) is 11.0 Å². The molecular formula is C20H24N4O4. The van der Waals surface area contributed by atoms with Gasteiger partial charge in [-0.15, -0.1) is 0 Å². The van der Waals surface area contributed by atoms with Crippen molar-refractivity contribution in [2.75, 3.05) is 13.2 Å². The Morgan fingerprint density at radius 2 is 2.18 bits per heavy atom. The lowest BCUT2D eigenvalue weighted by Crippen LogP contribution is -2.29. The maximum atomic E-state index is 12.7. The molecule has 2 unspecified atom stereocenters. The number of para-hydroxylation sites is 1. The Morgan fingerprint density at radius 1 is 1.32 bits per heavy atom. The topological polar surface area (TPSA) is 91.4 Å². The molecule has 0 bridgehead atoms. The zero-order valence-corrected chi connectivity index (χ0v) is 15.6. The number of rotatable bonds is 8. The summed E-state index contributed by atoms with van der Waals surface area (Å²) in [6, 6.07) is 9.53. The van der Waals surface area contributed by atoms with Crippen LogP contribution in [0.3, 0.4) is 0 Å². The van der Waals surface area contributed by atoms with Crippen molar-refractivity contribution in [1.29, 1.82) is 0 Å². The number of aliphatic hydroxyl groups excluding tert-OH is 1. The number of benzene rings is 1. The number of fused-ring (bicyclic) bond motifs is 1. The standard InChI is InChI=1S/C20H24N4O4/c25-15(11-17-7-4-9-27-17)13-23-14-21-19-18(20(23)26)12-22-24(19)8-10-28-16-5-2-1-3-6-16/h1-3,5-6,12,14-15,17,25H,4,7-11,13H2. The summed E-state index contributed by atoms with van der Waals surface area (Å²) in [5, 5.41) is 15.0. The summed E-state index contributed by atoms with van der Waals surface area (Å²) in [6.45, 7) is 1.85. The van der Waals surface area contributed by atoms with Crippen molar-refractivity contribution in [3.05, 3.63) is 53.2 Å². The van der Waals surface area contributed by atoms with Gasteiger partial charge in [0, 0.05) is 13.0 Å². The quantitative estimate of drug-likeness (QED) is 0.634. The Balaban J connectivity index is 1.41. The summed E-state index contributed by atoms with van der Waals surface area (Å²) in [7, 11) is 0. The Morgan fingerprint density at radius 3 is 2.96 bits per heavy atom. The number of ether oxygens (including phenoxy) is 2. The minimum Gasteiger partial charge on any atom is -0.492 e. The van der Waals surface area contributed by atoms with Crippen molar-refractivity contribution in [3.8, 4) is 5.75 Å². The van der Waals surface area contributed by atoms with E-state index < -0.39 is 6.10 Å². The maximum absolute atomic E-state index is 12.7. The molecule has 2 atom stereocenters. The van der Waals surface area contributed by atoms with E-state index in [1.165, 1.54) is 17.1 Å². The summed E-state index contributed by atoms with van der Waals surface area (Å²) in [6.07, 6.45) is 4.94. The first-order valence-electron chi connectivity index (χ1n) is 9.59. The van der Waals surface area contributed by atoms with Gasteiger partial charge in [-0.3, -0.25) is 9.36 Å². The molecule has 1 aliphatic heterocycles. The third-order valence-electron chi connectivity index (χ3n) is 4.90. The molecule has 0 radical (unpaired) electrons. The molecule has 28 heavy (non-hydrogen) atoms. The highest BCUT2D eigenvalue weighted by atomic mass is 16.5. The summed E-state index contributed by atoms with van der Waals surface area (Å²) in [4.78, 5) is 17.1. The minimum absolute atomic E-state index is 0.0785. The van der Waals surface area contributed by atoms with Gasteiger partial charge >= 0.3 is 0 Å². The first-order valence-corrected chi connectivity index (χ1v) is 9.59. The average molecular weight is 384 g/mol. The molecule has 148 valence electrons. The monoisotopic (exact) mass is 384 g/mol. The Kier molecular flexibility index (Phi) is 5.68. The second kappa shape index (κ2) is 8.53. The van der Waals surface area contributed by atoms with Gasteiger partial charge in [-0.25, -0.2) is 9.67 Å². The predicted molar refractivity (Wildman–Crippen MR) is 103 cm³/mol. The predicted octanol–water partition coefficient (Wildman–Crippen LogP) is 1.60. The highest BCUT2D eigenvalue weighted by Gasteiger charge is 2.20. The molecule has 1 saturated heterocycles. The second-order valence-electron chi connectivity index (χ2n) is 6.99. The summed E-state index contributed by atoms with van der Waals surface area (Å²) >= 11 is 0. The highest BCUT2D eigenvalue weighted by molar-refractivity contribution is 5.72. The van der Waals surface area contributed by atoms with E-state index in [1.807, 2.05) is 30.3 Å². The lowest BCUT2D eigenvalue weighted by atomic mass is 10.1. The van der Waals surface area contributed by atoms with Gasteiger partial charge in [0.05, 0.1) is 31.5 Å². The Bertz CT molecular complexity index is 963. The third-order valence-corrected chi connectivity index (χ3v) is 4.90. The normalized spacial score (nSPS) is 17.8. The molecule has 0 spiro atoms. The summed E-state index contributed by atoms with van der Waals surface area (Å²) < 4.78 is 14.3. The zero-order valence-electron chi connectivity index (χ0n) is 15.6. The van der Waals surface area contributed by atoms with E-state index in [0.717, 1.165) is 25.2 Å². The molecule has 1 N–H and O–H groups in total. The lowest BCUT2D eigenvalue weighted by molar-refractivity contribution is 0.0467. The zero-order chi connectivity index (χ0) is 19.3. The molecule has 1 aromatic carbocycles. The van der Waals surface area contributed by atoms with E-state index in [9.17, 15) is 9.90 Å². The second-order valence-corrected chi connectivity index (χ2v) is 6.99. The fourth-order valence-corrected chi connectivity index (χ4v) is 3.49. The molecule has 4 rings (SSSR count). The Hall–Kier alpha value is -2.71.